The third-order valence-electron chi connectivity index (χ3n) is 4.65. The average Bonchev–Trinajstić information content (AvgIpc) is 2.77. The summed E-state index contributed by atoms with van der Waals surface area (Å²) in [5.41, 5.74) is 0.180. The molecule has 2 aromatic heterocycles. The second kappa shape index (κ2) is 8.12. The summed E-state index contributed by atoms with van der Waals surface area (Å²) in [6, 6.07) is 15.2. The van der Waals surface area contributed by atoms with Crippen molar-refractivity contribution in [1.29, 1.82) is 0 Å². The van der Waals surface area contributed by atoms with Crippen molar-refractivity contribution in [3.05, 3.63) is 105 Å². The monoisotopic (exact) mass is 404 g/mol. The Kier molecular flexibility index (Phi) is 5.21. The summed E-state index contributed by atoms with van der Waals surface area (Å²) in [5, 5.41) is 3.02. The standard InChI is InChI=1S/C22H17FN4O3/c23-16-7-9-17(10-8-16)27-21(29)18-5-1-2-6-19(18)26(22(27)30)14-20(28)25-13-15-4-3-11-24-12-15/h1-12H,13-14H2,(H,25,28). The molecule has 0 bridgehead atoms. The highest BCUT2D eigenvalue weighted by Crippen LogP contribution is 2.11. The second-order valence-electron chi connectivity index (χ2n) is 6.64. The first-order chi connectivity index (χ1) is 14.5. The molecule has 30 heavy (non-hydrogen) atoms. The van der Waals surface area contributed by atoms with Gasteiger partial charge < -0.3 is 5.32 Å². The molecule has 0 saturated carbocycles. The number of benzene rings is 2. The van der Waals surface area contributed by atoms with Crippen LogP contribution in [0.2, 0.25) is 0 Å². The van der Waals surface area contributed by atoms with Crippen LogP contribution in [0.15, 0.2) is 82.6 Å². The van der Waals surface area contributed by atoms with Crippen LogP contribution >= 0.6 is 0 Å². The highest BCUT2D eigenvalue weighted by atomic mass is 19.1. The van der Waals surface area contributed by atoms with Crippen molar-refractivity contribution < 1.29 is 9.18 Å². The van der Waals surface area contributed by atoms with Crippen LogP contribution in [0, 0.1) is 5.82 Å². The summed E-state index contributed by atoms with van der Waals surface area (Å²) < 4.78 is 15.5. The van der Waals surface area contributed by atoms with Crippen molar-refractivity contribution in [3.8, 4) is 5.69 Å². The molecule has 0 atom stereocenters. The van der Waals surface area contributed by atoms with Crippen LogP contribution < -0.4 is 16.6 Å². The Morgan fingerprint density at radius 3 is 2.50 bits per heavy atom. The Labute approximate surface area is 170 Å². The summed E-state index contributed by atoms with van der Waals surface area (Å²) in [5.74, 6) is -0.877. The molecule has 2 heterocycles. The molecule has 1 N–H and O–H groups in total. The number of para-hydroxylation sites is 1. The van der Waals surface area contributed by atoms with Gasteiger partial charge in [-0.05, 0) is 48.0 Å². The van der Waals surface area contributed by atoms with Crippen molar-refractivity contribution in [2.24, 2.45) is 0 Å². The molecule has 8 heteroatoms. The highest BCUT2D eigenvalue weighted by Gasteiger charge is 2.16. The van der Waals surface area contributed by atoms with Gasteiger partial charge in [0.1, 0.15) is 12.4 Å². The number of aromatic nitrogens is 3. The lowest BCUT2D eigenvalue weighted by atomic mass is 10.2. The third kappa shape index (κ3) is 3.75. The number of pyridine rings is 1. The number of halogens is 1. The fourth-order valence-electron chi connectivity index (χ4n) is 3.19. The van der Waals surface area contributed by atoms with Crippen LogP contribution in [0.1, 0.15) is 5.56 Å². The quantitative estimate of drug-likeness (QED) is 0.551. The average molecular weight is 404 g/mol. The van der Waals surface area contributed by atoms with E-state index in [1.807, 2.05) is 6.07 Å². The number of hydrogen-bond acceptors (Lipinski definition) is 4. The number of carbonyl (C=O) groups is 1. The molecule has 0 aliphatic rings. The van der Waals surface area contributed by atoms with Gasteiger partial charge in [0.25, 0.3) is 5.56 Å². The second-order valence-corrected chi connectivity index (χ2v) is 6.64. The molecule has 150 valence electrons. The number of rotatable bonds is 5. The van der Waals surface area contributed by atoms with E-state index in [9.17, 15) is 18.8 Å². The lowest BCUT2D eigenvalue weighted by Gasteiger charge is -2.14. The summed E-state index contributed by atoms with van der Waals surface area (Å²) in [7, 11) is 0. The topological polar surface area (TPSA) is 86.0 Å². The molecule has 2 aromatic carbocycles. The number of amides is 1. The van der Waals surface area contributed by atoms with Gasteiger partial charge in [-0.15, -0.1) is 0 Å². The van der Waals surface area contributed by atoms with E-state index in [0.29, 0.717) is 5.52 Å². The van der Waals surface area contributed by atoms with Gasteiger partial charge in [-0.1, -0.05) is 18.2 Å². The molecule has 1 amide bonds. The fourth-order valence-corrected chi connectivity index (χ4v) is 3.19. The molecular weight excluding hydrogens is 387 g/mol. The van der Waals surface area contributed by atoms with E-state index in [1.54, 1.807) is 42.7 Å². The van der Waals surface area contributed by atoms with Crippen molar-refractivity contribution in [2.45, 2.75) is 13.1 Å². The smallest absolute Gasteiger partial charge is 0.336 e. The van der Waals surface area contributed by atoms with Crippen LogP contribution in [0.25, 0.3) is 16.6 Å². The number of hydrogen-bond donors (Lipinski definition) is 1. The van der Waals surface area contributed by atoms with Gasteiger partial charge in [0.2, 0.25) is 5.91 Å². The van der Waals surface area contributed by atoms with Gasteiger partial charge in [-0.3, -0.25) is 19.1 Å². The maximum Gasteiger partial charge on any atom is 0.336 e. The van der Waals surface area contributed by atoms with Crippen molar-refractivity contribution in [3.63, 3.8) is 0 Å². The van der Waals surface area contributed by atoms with Gasteiger partial charge in [0, 0.05) is 18.9 Å². The zero-order valence-electron chi connectivity index (χ0n) is 15.8. The maximum atomic E-state index is 13.3. The molecule has 0 saturated heterocycles. The molecule has 4 aromatic rings. The van der Waals surface area contributed by atoms with E-state index in [4.69, 9.17) is 0 Å². The van der Waals surface area contributed by atoms with Crippen LogP contribution in [0.4, 0.5) is 4.39 Å². The number of nitrogens with one attached hydrogen (secondary N) is 1. The Bertz CT molecular complexity index is 1330. The molecular formula is C22H17FN4O3. The summed E-state index contributed by atoms with van der Waals surface area (Å²) in [6.07, 6.45) is 3.27. The zero-order valence-corrected chi connectivity index (χ0v) is 15.8. The molecule has 7 nitrogen and oxygen atoms in total. The van der Waals surface area contributed by atoms with Gasteiger partial charge in [0.15, 0.2) is 0 Å². The first-order valence-corrected chi connectivity index (χ1v) is 9.21. The fraction of sp³-hybridized carbons (Fsp3) is 0.0909. The summed E-state index contributed by atoms with van der Waals surface area (Å²) >= 11 is 0. The first-order valence-electron chi connectivity index (χ1n) is 9.21. The van der Waals surface area contributed by atoms with E-state index in [2.05, 4.69) is 10.3 Å². The van der Waals surface area contributed by atoms with Crippen LogP contribution in [-0.2, 0) is 17.9 Å². The molecule has 0 aliphatic heterocycles. The largest absolute Gasteiger partial charge is 0.350 e. The predicted octanol–water partition coefficient (Wildman–Crippen LogP) is 2.00. The minimum absolute atomic E-state index is 0.224. The van der Waals surface area contributed by atoms with Crippen LogP contribution in [-0.4, -0.2) is 20.0 Å². The lowest BCUT2D eigenvalue weighted by molar-refractivity contribution is -0.121. The van der Waals surface area contributed by atoms with Gasteiger partial charge in [0.05, 0.1) is 16.6 Å². The molecule has 4 rings (SSSR count). The number of fused-ring (bicyclic) bond motifs is 1. The Morgan fingerprint density at radius 2 is 1.77 bits per heavy atom. The van der Waals surface area contributed by atoms with E-state index in [0.717, 1.165) is 10.1 Å². The Morgan fingerprint density at radius 1 is 1.00 bits per heavy atom. The minimum Gasteiger partial charge on any atom is -0.350 e. The van der Waals surface area contributed by atoms with Gasteiger partial charge in [-0.25, -0.2) is 13.8 Å². The first kappa shape index (κ1) is 19.3. The molecule has 0 aliphatic carbocycles. The van der Waals surface area contributed by atoms with E-state index < -0.39 is 23.0 Å². The van der Waals surface area contributed by atoms with Crippen LogP contribution in [0.3, 0.4) is 0 Å². The predicted molar refractivity (Wildman–Crippen MR) is 110 cm³/mol. The molecule has 0 unspecified atom stereocenters. The Balaban J connectivity index is 1.75. The normalized spacial score (nSPS) is 10.8. The van der Waals surface area contributed by atoms with E-state index in [1.165, 1.54) is 28.8 Å². The lowest BCUT2D eigenvalue weighted by Crippen LogP contribution is -2.41. The molecule has 0 fully saturated rings. The summed E-state index contributed by atoms with van der Waals surface area (Å²) in [6.45, 7) is -0.0158. The van der Waals surface area contributed by atoms with Crippen LogP contribution in [0.5, 0.6) is 0 Å². The Hall–Kier alpha value is -4.07. The SMILES string of the molecule is O=C(Cn1c(=O)n(-c2ccc(F)cc2)c(=O)c2ccccc21)NCc1cccnc1. The third-order valence-corrected chi connectivity index (χ3v) is 4.65. The van der Waals surface area contributed by atoms with Crippen molar-refractivity contribution in [1.82, 2.24) is 19.4 Å². The molecule has 0 spiro atoms. The molecule has 0 radical (unpaired) electrons. The van der Waals surface area contributed by atoms with Gasteiger partial charge in [-0.2, -0.15) is 0 Å². The van der Waals surface area contributed by atoms with Crippen molar-refractivity contribution in [2.75, 3.05) is 0 Å². The van der Waals surface area contributed by atoms with Gasteiger partial charge >= 0.3 is 5.69 Å². The number of carbonyl (C=O) groups excluding carboxylic acids is 1. The minimum atomic E-state index is -0.679. The van der Waals surface area contributed by atoms with Crippen molar-refractivity contribution >= 4 is 16.8 Å². The summed E-state index contributed by atoms with van der Waals surface area (Å²) in [4.78, 5) is 42.6. The maximum absolute atomic E-state index is 13.3. The van der Waals surface area contributed by atoms with E-state index in [-0.39, 0.29) is 24.2 Å². The highest BCUT2D eigenvalue weighted by molar-refractivity contribution is 5.81. The van der Waals surface area contributed by atoms with E-state index >= 15 is 0 Å². The zero-order chi connectivity index (χ0) is 21.1. The number of nitrogens with zero attached hydrogens (tertiary/aromatic N) is 3.